The number of rotatable bonds is 36. The summed E-state index contributed by atoms with van der Waals surface area (Å²) in [5.74, 6) is -7.45. The number of Topliss-reactive ketones (excluding diaryl/α,β-unsaturated/α-hetero) is 3. The smallest absolute Gasteiger partial charge is 0.307 e. The Morgan fingerprint density at radius 1 is 0.560 bits per heavy atom. The fraction of sp³-hybridized carbons (Fsp3) is 0.306. The van der Waals surface area contributed by atoms with Crippen molar-refractivity contribution >= 4 is 89.2 Å². The number of phenolic OH excluding ortho intramolecular Hbond substituents is 1. The number of aromatic hydroxyl groups is 1. The Balaban J connectivity index is 0.987. The molecule has 0 aliphatic carbocycles. The number of aliphatic carboxylic acids is 1. The van der Waals surface area contributed by atoms with E-state index in [9.17, 15) is 48.6 Å². The molecule has 19 heteroatoms. The van der Waals surface area contributed by atoms with Gasteiger partial charge in [0, 0.05) is 73.6 Å². The number of thioether (sulfide) groups is 1. The van der Waals surface area contributed by atoms with Crippen molar-refractivity contribution < 1.29 is 48.6 Å². The van der Waals surface area contributed by atoms with Gasteiger partial charge in [0.15, 0.2) is 17.3 Å². The van der Waals surface area contributed by atoms with Gasteiger partial charge in [0.25, 0.3) is 5.91 Å². The topological polar surface area (TPSA) is 254 Å². The van der Waals surface area contributed by atoms with Crippen LogP contribution in [0.15, 0.2) is 182 Å². The number of aromatic nitrogens is 2. The average Bonchev–Trinajstić information content (AvgIpc) is 3.74. The van der Waals surface area contributed by atoms with Crippen LogP contribution in [0.2, 0.25) is 0 Å². The molecule has 17 nitrogen and oxygen atoms in total. The number of phenols is 1. The summed E-state index contributed by atoms with van der Waals surface area (Å²) >= 11 is 5.92. The van der Waals surface area contributed by atoms with Gasteiger partial charge in [-0.25, -0.2) is 0 Å². The van der Waals surface area contributed by atoms with E-state index in [1.54, 1.807) is 99.0 Å². The van der Waals surface area contributed by atoms with E-state index >= 15 is 0 Å². The normalized spacial score (nSPS) is 13.3. The van der Waals surface area contributed by atoms with Crippen LogP contribution in [0.1, 0.15) is 89.1 Å². The number of anilines is 1. The lowest BCUT2D eigenvalue weighted by Gasteiger charge is -2.27. The molecular weight excluding hydrogens is 1190 g/mol. The summed E-state index contributed by atoms with van der Waals surface area (Å²) in [6, 6.07) is 46.4. The first-order chi connectivity index (χ1) is 43.9. The molecule has 7 rings (SSSR count). The zero-order valence-corrected chi connectivity index (χ0v) is 53.1. The van der Waals surface area contributed by atoms with Crippen molar-refractivity contribution in [3.05, 3.63) is 227 Å². The van der Waals surface area contributed by atoms with Gasteiger partial charge < -0.3 is 31.5 Å². The van der Waals surface area contributed by atoms with E-state index < -0.39 is 82.8 Å². The zero-order chi connectivity index (χ0) is 65.1. The zero-order valence-electron chi connectivity index (χ0n) is 51.4. The van der Waals surface area contributed by atoms with Crippen molar-refractivity contribution in [2.45, 2.75) is 90.0 Å². The van der Waals surface area contributed by atoms with Crippen LogP contribution in [0.3, 0.4) is 0 Å². The number of carboxylic acid groups (broad SMARTS) is 1. The SMILES string of the molecule is CSCC[C@H](CC(=O)[C@H](Cc1ccccc1)NC(=O)[C@@H](CC(=O)[C@H](CS)NC(=O)c1ccc(/C=C/c2ccc(NC(=O)CN(Cc3ccccn3)Cc3ccccn3)cc2)cc1)Cc1ccc(O)cc1)C(=O)N[C@H](C(=O)C[C@@H](Cc1ccccc1)C(=O)O)C(C)C. The molecule has 0 saturated carbocycles. The average molecular weight is 1270 g/mol. The molecule has 0 aliphatic heterocycles. The van der Waals surface area contributed by atoms with Gasteiger partial charge in [-0.3, -0.25) is 53.2 Å². The van der Waals surface area contributed by atoms with Gasteiger partial charge in [-0.05, 0) is 132 Å². The lowest BCUT2D eigenvalue weighted by atomic mass is 9.87. The number of nitrogens with one attached hydrogen (secondary N) is 4. The minimum Gasteiger partial charge on any atom is -0.508 e. The number of hydrogen-bond donors (Lipinski definition) is 7. The molecule has 7 aromatic rings. The van der Waals surface area contributed by atoms with Crippen LogP contribution in [-0.2, 0) is 65.9 Å². The highest BCUT2D eigenvalue weighted by Crippen LogP contribution is 2.24. The van der Waals surface area contributed by atoms with Crippen LogP contribution in [0.5, 0.6) is 5.75 Å². The van der Waals surface area contributed by atoms with E-state index in [4.69, 9.17) is 0 Å². The minimum absolute atomic E-state index is 0.00349. The molecule has 5 aromatic carbocycles. The predicted molar refractivity (Wildman–Crippen MR) is 359 cm³/mol. The minimum atomic E-state index is -1.16. The maximum atomic E-state index is 14.7. The fourth-order valence-electron chi connectivity index (χ4n) is 10.4. The molecule has 0 aliphatic rings. The van der Waals surface area contributed by atoms with Gasteiger partial charge >= 0.3 is 5.97 Å². The van der Waals surface area contributed by atoms with Crippen LogP contribution in [0.4, 0.5) is 5.69 Å². The Morgan fingerprint density at radius 3 is 1.60 bits per heavy atom. The van der Waals surface area contributed by atoms with E-state index in [-0.39, 0.29) is 74.5 Å². The molecule has 0 radical (unpaired) electrons. The van der Waals surface area contributed by atoms with Crippen molar-refractivity contribution in [1.82, 2.24) is 30.8 Å². The molecular formula is C72H79N7O10S2. The Labute approximate surface area is 541 Å². The molecule has 0 unspecified atom stereocenters. The molecule has 6 N–H and O–H groups in total. The quantitative estimate of drug-likeness (QED) is 0.0143. The maximum Gasteiger partial charge on any atom is 0.307 e. The van der Waals surface area contributed by atoms with Gasteiger partial charge in [-0.15, -0.1) is 0 Å². The lowest BCUT2D eigenvalue weighted by molar-refractivity contribution is -0.144. The Bertz CT molecular complexity index is 3490. The Hall–Kier alpha value is -9.04. The number of carboxylic acids is 1. The van der Waals surface area contributed by atoms with Crippen molar-refractivity contribution in [1.29, 1.82) is 0 Å². The highest BCUT2D eigenvalue weighted by atomic mass is 32.2. The second-order valence-electron chi connectivity index (χ2n) is 22.9. The molecule has 0 spiro atoms. The fourth-order valence-corrected chi connectivity index (χ4v) is 11.2. The van der Waals surface area contributed by atoms with E-state index in [1.165, 1.54) is 23.9 Å². The summed E-state index contributed by atoms with van der Waals surface area (Å²) in [6.07, 6.45) is 8.56. The number of carbonyl (C=O) groups excluding carboxylic acids is 7. The van der Waals surface area contributed by atoms with Crippen LogP contribution >= 0.6 is 24.4 Å². The summed E-state index contributed by atoms with van der Waals surface area (Å²) in [5.41, 5.74) is 6.33. The number of carbonyl (C=O) groups is 8. The van der Waals surface area contributed by atoms with Crippen molar-refractivity contribution in [3.63, 3.8) is 0 Å². The van der Waals surface area contributed by atoms with E-state index in [1.807, 2.05) is 108 Å². The first kappa shape index (κ1) is 69.4. The van der Waals surface area contributed by atoms with Crippen LogP contribution < -0.4 is 21.3 Å². The van der Waals surface area contributed by atoms with Gasteiger partial charge in [-0.2, -0.15) is 24.4 Å². The molecule has 6 atom stereocenters. The lowest BCUT2D eigenvalue weighted by Crippen LogP contribution is -2.50. The molecule has 0 fully saturated rings. The number of ketones is 3. The molecule has 0 saturated heterocycles. The molecule has 2 heterocycles. The first-order valence-electron chi connectivity index (χ1n) is 30.3. The van der Waals surface area contributed by atoms with E-state index in [0.29, 0.717) is 30.1 Å². The summed E-state index contributed by atoms with van der Waals surface area (Å²) in [7, 11) is 0. The second kappa shape index (κ2) is 36.0. The monoisotopic (exact) mass is 1270 g/mol. The number of nitrogens with zero attached hydrogens (tertiary/aromatic N) is 3. The number of hydrogen-bond acceptors (Lipinski definition) is 14. The molecule has 474 valence electrons. The maximum absolute atomic E-state index is 14.7. The van der Waals surface area contributed by atoms with Crippen molar-refractivity contribution in [3.8, 4) is 5.75 Å². The summed E-state index contributed by atoms with van der Waals surface area (Å²) < 4.78 is 0. The largest absolute Gasteiger partial charge is 0.508 e. The number of thiol groups is 1. The van der Waals surface area contributed by atoms with Gasteiger partial charge in [0.1, 0.15) is 5.75 Å². The third kappa shape index (κ3) is 23.1. The highest BCUT2D eigenvalue weighted by Gasteiger charge is 2.35. The number of benzene rings is 5. The summed E-state index contributed by atoms with van der Waals surface area (Å²) in [5, 5.41) is 31.8. The van der Waals surface area contributed by atoms with E-state index in [0.717, 1.165) is 33.6 Å². The third-order valence-electron chi connectivity index (χ3n) is 15.4. The predicted octanol–water partition coefficient (Wildman–Crippen LogP) is 9.94. The van der Waals surface area contributed by atoms with Gasteiger partial charge in [-0.1, -0.05) is 135 Å². The second-order valence-corrected chi connectivity index (χ2v) is 24.2. The highest BCUT2D eigenvalue weighted by molar-refractivity contribution is 7.98. The number of amides is 4. The Kier molecular flexibility index (Phi) is 27.4. The molecule has 0 bridgehead atoms. The number of pyridine rings is 2. The van der Waals surface area contributed by atoms with E-state index in [2.05, 4.69) is 43.9 Å². The molecule has 4 amide bonds. The van der Waals surface area contributed by atoms with Crippen molar-refractivity contribution in [2.75, 3.05) is 29.6 Å². The summed E-state index contributed by atoms with van der Waals surface area (Å²) in [4.78, 5) is 122. The Morgan fingerprint density at radius 2 is 1.07 bits per heavy atom. The van der Waals surface area contributed by atoms with Crippen LogP contribution in [-0.4, -0.2) is 114 Å². The van der Waals surface area contributed by atoms with Crippen LogP contribution in [0.25, 0.3) is 12.2 Å². The van der Waals surface area contributed by atoms with Gasteiger partial charge in [0.05, 0.1) is 42.0 Å². The van der Waals surface area contributed by atoms with Gasteiger partial charge in [0.2, 0.25) is 17.7 Å². The molecule has 2 aromatic heterocycles. The van der Waals surface area contributed by atoms with Crippen LogP contribution in [0, 0.1) is 23.7 Å². The summed E-state index contributed by atoms with van der Waals surface area (Å²) in [6.45, 7) is 4.57. The first-order valence-corrected chi connectivity index (χ1v) is 32.3. The standard InChI is InChI=1S/C72H79N7O10S2/c1-48(2)68(66(83)43-57(72(88)89)39-51-14-6-4-7-15-51)78-70(86)55(34-37-91-3)41-64(81)62(40-52-16-8-5-9-17-52)76-71(87)56(38-53-26-32-61(80)33-27-53)42-65(82)63(47-90)77-69(85)54-28-22-49(23-29-54)20-21-50-24-30-58(31-25-50)75-67(84)46-79(44-59-18-10-12-35-73-59)45-60-19-11-13-36-74-60/h4-33,35-36,48,55-57,62-63,68,80,90H,34,37-47H2,1-3H3,(H,75,84)(H,76,87)(H,77,85)(H,78,86)(H,88,89)/b21-20+/t55-,56-,57-,62+,63+,68+/m1/s1. The molecule has 91 heavy (non-hydrogen) atoms. The van der Waals surface area contributed by atoms with Crippen molar-refractivity contribution in [2.24, 2.45) is 23.7 Å². The third-order valence-corrected chi connectivity index (χ3v) is 16.5.